The maximum absolute atomic E-state index is 13.6. The van der Waals surface area contributed by atoms with Crippen LogP contribution in [0.5, 0.6) is 0 Å². The molecule has 1 aromatic rings. The molecular weight excluding hydrogens is 410 g/mol. The average Bonchev–Trinajstić information content (AvgIpc) is 2.90. The number of hydrogen-bond donors (Lipinski definition) is 1. The topological polar surface area (TPSA) is 85.3 Å². The Bertz CT molecular complexity index is 877. The number of hydrogen-bond acceptors (Lipinski definition) is 6. The van der Waals surface area contributed by atoms with Gasteiger partial charge in [0.15, 0.2) is 5.54 Å². The summed E-state index contributed by atoms with van der Waals surface area (Å²) in [5, 5.41) is 10.7. The fraction of sp³-hybridized carbons (Fsp3) is 0.600. The summed E-state index contributed by atoms with van der Waals surface area (Å²) in [5.41, 5.74) is -1.66. The fourth-order valence-electron chi connectivity index (χ4n) is 4.11. The Kier molecular flexibility index (Phi) is 7.22. The molecular formula is C25H37NO6. The van der Waals surface area contributed by atoms with Crippen LogP contribution in [0.3, 0.4) is 0 Å². The molecule has 0 saturated heterocycles. The summed E-state index contributed by atoms with van der Waals surface area (Å²) in [6, 6.07) is 7.23. The second-order valence-corrected chi connectivity index (χ2v) is 10.3. The number of esters is 1. The monoisotopic (exact) mass is 447 g/mol. The summed E-state index contributed by atoms with van der Waals surface area (Å²) in [4.78, 5) is 28.5. The van der Waals surface area contributed by atoms with E-state index in [1.165, 1.54) is 11.0 Å². The van der Waals surface area contributed by atoms with E-state index in [0.717, 1.165) is 0 Å². The van der Waals surface area contributed by atoms with E-state index in [1.807, 2.05) is 46.8 Å². The van der Waals surface area contributed by atoms with Crippen LogP contribution >= 0.6 is 0 Å². The Balaban J connectivity index is 2.81. The van der Waals surface area contributed by atoms with Gasteiger partial charge in [-0.2, -0.15) is 0 Å². The fourth-order valence-corrected chi connectivity index (χ4v) is 4.11. The van der Waals surface area contributed by atoms with Crippen LogP contribution in [0.25, 0.3) is 0 Å². The van der Waals surface area contributed by atoms with Gasteiger partial charge in [0.25, 0.3) is 5.95 Å². The molecule has 0 saturated carbocycles. The van der Waals surface area contributed by atoms with Crippen LogP contribution in [0.4, 0.5) is 10.5 Å². The van der Waals surface area contributed by atoms with E-state index >= 15 is 0 Å². The summed E-state index contributed by atoms with van der Waals surface area (Å²) in [6.07, 6.45) is 0.838. The maximum Gasteiger partial charge on any atom is 0.415 e. The number of ether oxygens (including phenoxy) is 3. The molecule has 0 radical (unpaired) electrons. The van der Waals surface area contributed by atoms with E-state index in [9.17, 15) is 14.7 Å². The molecule has 32 heavy (non-hydrogen) atoms. The predicted octanol–water partition coefficient (Wildman–Crippen LogP) is 5.70. The summed E-state index contributed by atoms with van der Waals surface area (Å²) in [5.74, 6) is -1.99. The summed E-state index contributed by atoms with van der Waals surface area (Å²) < 4.78 is 16.8. The molecule has 7 heteroatoms. The van der Waals surface area contributed by atoms with E-state index in [2.05, 4.69) is 0 Å². The third kappa shape index (κ3) is 5.03. The third-order valence-electron chi connectivity index (χ3n) is 5.14. The molecule has 0 bridgehead atoms. The minimum absolute atomic E-state index is 0.146. The van der Waals surface area contributed by atoms with Crippen LogP contribution in [0, 0.1) is 5.92 Å². The second kappa shape index (κ2) is 9.04. The Hall–Kier alpha value is -2.70. The molecule has 0 aliphatic carbocycles. The van der Waals surface area contributed by atoms with Crippen molar-refractivity contribution < 1.29 is 28.9 Å². The van der Waals surface area contributed by atoms with Gasteiger partial charge in [0, 0.05) is 12.0 Å². The Labute approximate surface area is 191 Å². The highest BCUT2D eigenvalue weighted by Gasteiger charge is 2.62. The SMILES string of the molecule is CCOC(=O)[C@@]1(C(C)C)[C@H](C=C(O)OC(C)(C)C)c2ccccc2N1C(=O)OC(C)(C)C. The van der Waals surface area contributed by atoms with E-state index < -0.39 is 34.7 Å². The number of para-hydroxylation sites is 1. The molecule has 1 aliphatic rings. The smallest absolute Gasteiger partial charge is 0.415 e. The zero-order chi connectivity index (χ0) is 24.5. The third-order valence-corrected chi connectivity index (χ3v) is 5.14. The van der Waals surface area contributed by atoms with Crippen molar-refractivity contribution in [3.05, 3.63) is 41.9 Å². The highest BCUT2D eigenvalue weighted by atomic mass is 16.6. The molecule has 0 spiro atoms. The van der Waals surface area contributed by atoms with Crippen molar-refractivity contribution in [3.8, 4) is 0 Å². The number of carbonyl (C=O) groups is 2. The average molecular weight is 448 g/mol. The summed E-state index contributed by atoms with van der Waals surface area (Å²) >= 11 is 0. The van der Waals surface area contributed by atoms with Crippen LogP contribution in [-0.2, 0) is 19.0 Å². The Morgan fingerprint density at radius 1 is 1.09 bits per heavy atom. The van der Waals surface area contributed by atoms with Gasteiger partial charge in [0.05, 0.1) is 12.3 Å². The summed E-state index contributed by atoms with van der Waals surface area (Å²) in [6.45, 7) is 16.3. The molecule has 0 unspecified atom stereocenters. The number of nitrogens with zero attached hydrogens (tertiary/aromatic N) is 1. The molecule has 1 N–H and O–H groups in total. The van der Waals surface area contributed by atoms with Crippen molar-refractivity contribution in [1.29, 1.82) is 0 Å². The number of fused-ring (bicyclic) bond motifs is 1. The first-order chi connectivity index (χ1) is 14.6. The van der Waals surface area contributed by atoms with Gasteiger partial charge >= 0.3 is 12.1 Å². The molecule has 1 aliphatic heterocycles. The quantitative estimate of drug-likeness (QED) is 0.460. The molecule has 2 rings (SSSR count). The van der Waals surface area contributed by atoms with Crippen LogP contribution < -0.4 is 4.90 Å². The molecule has 2 atom stereocenters. The lowest BCUT2D eigenvalue weighted by atomic mass is 9.74. The van der Waals surface area contributed by atoms with Gasteiger partial charge in [-0.05, 0) is 66.0 Å². The minimum Gasteiger partial charge on any atom is -0.481 e. The first-order valence-corrected chi connectivity index (χ1v) is 11.0. The highest BCUT2D eigenvalue weighted by molar-refractivity contribution is 6.04. The van der Waals surface area contributed by atoms with Crippen LogP contribution in [-0.4, -0.2) is 40.5 Å². The van der Waals surface area contributed by atoms with Crippen molar-refractivity contribution in [2.75, 3.05) is 11.5 Å². The molecule has 1 aromatic carbocycles. The van der Waals surface area contributed by atoms with Gasteiger partial charge in [-0.1, -0.05) is 32.0 Å². The van der Waals surface area contributed by atoms with Crippen molar-refractivity contribution in [3.63, 3.8) is 0 Å². The van der Waals surface area contributed by atoms with Crippen LogP contribution in [0.2, 0.25) is 0 Å². The zero-order valence-corrected chi connectivity index (χ0v) is 20.7. The largest absolute Gasteiger partial charge is 0.481 e. The number of benzene rings is 1. The first kappa shape index (κ1) is 25.6. The summed E-state index contributed by atoms with van der Waals surface area (Å²) in [7, 11) is 0. The van der Waals surface area contributed by atoms with Crippen molar-refractivity contribution in [2.24, 2.45) is 5.92 Å². The van der Waals surface area contributed by atoms with Gasteiger partial charge in [0.1, 0.15) is 11.2 Å². The minimum atomic E-state index is -1.47. The standard InChI is InChI=1S/C25H37NO6/c1-10-30-21(28)25(16(2)3)18(15-20(27)31-23(4,5)6)17-13-11-12-14-19(17)26(25)22(29)32-24(7,8)9/h11-16,18,27H,10H2,1-9H3/t18-,25-/m1/s1. The lowest BCUT2D eigenvalue weighted by Gasteiger charge is -2.42. The van der Waals surface area contributed by atoms with Crippen LogP contribution in [0.15, 0.2) is 36.3 Å². The van der Waals surface area contributed by atoms with E-state index in [4.69, 9.17) is 14.2 Å². The van der Waals surface area contributed by atoms with E-state index in [-0.39, 0.29) is 18.5 Å². The Morgan fingerprint density at radius 2 is 1.66 bits per heavy atom. The van der Waals surface area contributed by atoms with Gasteiger partial charge < -0.3 is 19.3 Å². The molecule has 0 fully saturated rings. The number of aliphatic hydroxyl groups excluding tert-OH is 1. The van der Waals surface area contributed by atoms with Crippen molar-refractivity contribution in [1.82, 2.24) is 0 Å². The molecule has 1 amide bonds. The van der Waals surface area contributed by atoms with Crippen LogP contribution in [0.1, 0.15) is 73.8 Å². The second-order valence-electron chi connectivity index (χ2n) is 10.3. The van der Waals surface area contributed by atoms with Gasteiger partial charge in [-0.3, -0.25) is 4.90 Å². The number of rotatable bonds is 5. The predicted molar refractivity (Wildman–Crippen MR) is 124 cm³/mol. The molecule has 0 aromatic heterocycles. The first-order valence-electron chi connectivity index (χ1n) is 11.0. The lowest BCUT2D eigenvalue weighted by molar-refractivity contribution is -0.152. The van der Waals surface area contributed by atoms with Gasteiger partial charge in [0.2, 0.25) is 0 Å². The number of aliphatic hydroxyl groups is 1. The zero-order valence-electron chi connectivity index (χ0n) is 20.7. The normalized spacial score (nSPS) is 21.4. The molecule has 1 heterocycles. The lowest BCUT2D eigenvalue weighted by Crippen LogP contribution is -2.62. The number of anilines is 1. The number of carbonyl (C=O) groups excluding carboxylic acids is 2. The van der Waals surface area contributed by atoms with Gasteiger partial charge in [-0.15, -0.1) is 0 Å². The van der Waals surface area contributed by atoms with Crippen molar-refractivity contribution >= 4 is 17.7 Å². The molecule has 7 nitrogen and oxygen atoms in total. The Morgan fingerprint density at radius 3 is 2.16 bits per heavy atom. The van der Waals surface area contributed by atoms with E-state index in [0.29, 0.717) is 11.3 Å². The van der Waals surface area contributed by atoms with E-state index in [1.54, 1.807) is 39.8 Å². The maximum atomic E-state index is 13.6. The van der Waals surface area contributed by atoms with Crippen molar-refractivity contribution in [2.45, 2.75) is 85.0 Å². The number of amides is 1. The van der Waals surface area contributed by atoms with Gasteiger partial charge in [-0.25, -0.2) is 9.59 Å². The highest BCUT2D eigenvalue weighted by Crippen LogP contribution is 2.53. The molecule has 178 valence electrons.